The first-order valence-electron chi connectivity index (χ1n) is 9.93. The van der Waals surface area contributed by atoms with Crippen molar-refractivity contribution in [2.45, 2.75) is 63.1 Å². The zero-order valence-corrected chi connectivity index (χ0v) is 15.9. The van der Waals surface area contributed by atoms with Crippen molar-refractivity contribution < 1.29 is 22.8 Å². The molecular weight excluding hydrogens is 369 g/mol. The Labute approximate surface area is 162 Å². The molecule has 1 heterocycles. The van der Waals surface area contributed by atoms with E-state index in [0.29, 0.717) is 5.41 Å². The Hall–Kier alpha value is -2.05. The zero-order chi connectivity index (χ0) is 20.2. The second-order valence-electron chi connectivity index (χ2n) is 8.68. The van der Waals surface area contributed by atoms with Crippen LogP contribution < -0.4 is 5.32 Å². The summed E-state index contributed by atoms with van der Waals surface area (Å²) in [4.78, 5) is 26.8. The maximum Gasteiger partial charge on any atom is 0.398 e. The minimum absolute atomic E-state index is 0.0880. The van der Waals surface area contributed by atoms with Gasteiger partial charge in [-0.3, -0.25) is 9.59 Å². The van der Waals surface area contributed by atoms with Crippen LogP contribution in [0.2, 0.25) is 0 Å². The van der Waals surface area contributed by atoms with E-state index >= 15 is 0 Å². The van der Waals surface area contributed by atoms with Gasteiger partial charge in [0.15, 0.2) is 0 Å². The molecule has 1 atom stereocenters. The molecule has 28 heavy (non-hydrogen) atoms. The molecule has 0 radical (unpaired) electrons. The Morgan fingerprint density at radius 2 is 1.57 bits per heavy atom. The summed E-state index contributed by atoms with van der Waals surface area (Å²) < 4.78 is 39.6. The topological polar surface area (TPSA) is 49.4 Å². The number of piperidine rings is 1. The third kappa shape index (κ3) is 3.40. The number of hydrogen-bond donors (Lipinski definition) is 1. The minimum Gasteiger partial charge on any atom is -0.341 e. The van der Waals surface area contributed by atoms with Crippen molar-refractivity contribution in [1.29, 1.82) is 0 Å². The number of likely N-dealkylation sites (tertiary alicyclic amines) is 1. The number of hydrogen-bond acceptors (Lipinski definition) is 2. The van der Waals surface area contributed by atoms with Crippen LogP contribution in [-0.2, 0) is 10.2 Å². The summed E-state index contributed by atoms with van der Waals surface area (Å²) in [6, 6.07) is 4.91. The smallest absolute Gasteiger partial charge is 0.341 e. The van der Waals surface area contributed by atoms with E-state index in [0.717, 1.165) is 25.9 Å². The van der Waals surface area contributed by atoms with Crippen molar-refractivity contribution in [2.24, 2.45) is 5.41 Å². The van der Waals surface area contributed by atoms with Gasteiger partial charge in [-0.2, -0.15) is 13.2 Å². The average Bonchev–Trinajstić information content (AvgIpc) is 3.57. The molecule has 0 bridgehead atoms. The molecule has 152 valence electrons. The van der Waals surface area contributed by atoms with E-state index in [9.17, 15) is 22.8 Å². The Morgan fingerprint density at radius 1 is 1.00 bits per heavy atom. The van der Waals surface area contributed by atoms with Crippen molar-refractivity contribution in [3.63, 3.8) is 0 Å². The summed E-state index contributed by atoms with van der Waals surface area (Å²) in [5.41, 5.74) is -0.821. The summed E-state index contributed by atoms with van der Waals surface area (Å²) in [6.07, 6.45) is 0.476. The van der Waals surface area contributed by atoms with Crippen LogP contribution in [0.15, 0.2) is 24.3 Å². The van der Waals surface area contributed by atoms with E-state index in [-0.39, 0.29) is 29.9 Å². The Kier molecular flexibility index (Phi) is 4.47. The van der Waals surface area contributed by atoms with Crippen LogP contribution in [0.25, 0.3) is 0 Å². The molecule has 2 amide bonds. The molecule has 1 aromatic rings. The molecule has 3 aliphatic rings. The van der Waals surface area contributed by atoms with E-state index in [1.165, 1.54) is 37.1 Å². The third-order valence-electron chi connectivity index (χ3n) is 6.80. The summed E-state index contributed by atoms with van der Waals surface area (Å²) in [5, 5.41) is 2.68. The fraction of sp³-hybridized carbons (Fsp3) is 0.619. The molecule has 1 N–H and O–H groups in total. The number of rotatable bonds is 4. The van der Waals surface area contributed by atoms with Gasteiger partial charge in [0, 0.05) is 18.7 Å². The molecule has 2 aliphatic carbocycles. The highest BCUT2D eigenvalue weighted by atomic mass is 19.4. The maximum absolute atomic E-state index is 13.2. The second-order valence-corrected chi connectivity index (χ2v) is 8.68. The molecule has 0 aromatic heterocycles. The van der Waals surface area contributed by atoms with Crippen LogP contribution in [0.5, 0.6) is 0 Å². The number of halogens is 3. The second kappa shape index (κ2) is 6.49. The van der Waals surface area contributed by atoms with Crippen molar-refractivity contribution in [3.05, 3.63) is 35.4 Å². The van der Waals surface area contributed by atoms with Crippen molar-refractivity contribution in [2.75, 3.05) is 13.1 Å². The molecule has 4 nitrogen and oxygen atoms in total. The van der Waals surface area contributed by atoms with Gasteiger partial charge in [-0.1, -0.05) is 12.1 Å². The van der Waals surface area contributed by atoms with Gasteiger partial charge >= 0.3 is 6.18 Å². The standard InChI is InChI=1S/C21H25F3N2O2/c1-14(18(28)26-12-10-19(6-7-19)11-13-26)25-17(27)15-2-4-16(5-3-15)20(8-9-20)21(22,23)24/h2-5,14H,6-13H2,1H3,(H,25,27)/t14-/m1/s1. The van der Waals surface area contributed by atoms with E-state index in [1.807, 2.05) is 0 Å². The zero-order valence-electron chi connectivity index (χ0n) is 15.9. The van der Waals surface area contributed by atoms with Crippen LogP contribution in [-0.4, -0.2) is 42.0 Å². The lowest BCUT2D eigenvalue weighted by Crippen LogP contribution is -2.49. The summed E-state index contributed by atoms with van der Waals surface area (Å²) in [5.74, 6) is -0.547. The number of alkyl halides is 3. The number of nitrogens with one attached hydrogen (secondary N) is 1. The van der Waals surface area contributed by atoms with Crippen LogP contribution in [0.4, 0.5) is 13.2 Å². The van der Waals surface area contributed by atoms with Gasteiger partial charge in [0.05, 0.1) is 5.41 Å². The van der Waals surface area contributed by atoms with Crippen molar-refractivity contribution >= 4 is 11.8 Å². The number of carbonyl (C=O) groups excluding carboxylic acids is 2. The monoisotopic (exact) mass is 394 g/mol. The summed E-state index contributed by atoms with van der Waals surface area (Å²) >= 11 is 0. The number of benzene rings is 1. The maximum atomic E-state index is 13.2. The van der Waals surface area contributed by atoms with Gasteiger partial charge in [-0.15, -0.1) is 0 Å². The molecule has 4 rings (SSSR count). The van der Waals surface area contributed by atoms with Gasteiger partial charge in [-0.05, 0) is 68.6 Å². The molecule has 3 fully saturated rings. The third-order valence-corrected chi connectivity index (χ3v) is 6.80. The highest BCUT2D eigenvalue weighted by Gasteiger charge is 2.64. The molecule has 1 aromatic carbocycles. The van der Waals surface area contributed by atoms with Crippen molar-refractivity contribution in [3.8, 4) is 0 Å². The first kappa shape index (κ1) is 19.3. The summed E-state index contributed by atoms with van der Waals surface area (Å²) in [6.45, 7) is 3.11. The SMILES string of the molecule is C[C@@H](NC(=O)c1ccc(C2(C(F)(F)F)CC2)cc1)C(=O)N1CCC2(CC1)CC2. The average molecular weight is 394 g/mol. The number of nitrogens with zero attached hydrogens (tertiary/aromatic N) is 1. The molecule has 2 saturated carbocycles. The predicted molar refractivity (Wildman–Crippen MR) is 97.8 cm³/mol. The van der Waals surface area contributed by atoms with E-state index in [4.69, 9.17) is 0 Å². The van der Waals surface area contributed by atoms with Gasteiger partial charge in [-0.25, -0.2) is 0 Å². The van der Waals surface area contributed by atoms with E-state index in [1.54, 1.807) is 11.8 Å². The Balaban J connectivity index is 1.35. The van der Waals surface area contributed by atoms with Gasteiger partial charge in [0.1, 0.15) is 6.04 Å². The fourth-order valence-electron chi connectivity index (χ4n) is 4.30. The highest BCUT2D eigenvalue weighted by Crippen LogP contribution is 2.58. The molecule has 1 spiro atoms. The predicted octanol–water partition coefficient (Wildman–Crippen LogP) is 3.80. The van der Waals surface area contributed by atoms with E-state index < -0.39 is 23.5 Å². The van der Waals surface area contributed by atoms with Crippen LogP contribution in [0.1, 0.15) is 61.4 Å². The minimum atomic E-state index is -4.27. The largest absolute Gasteiger partial charge is 0.398 e. The Bertz CT molecular complexity index is 770. The van der Waals surface area contributed by atoms with Gasteiger partial charge in [0.25, 0.3) is 5.91 Å². The molecule has 1 saturated heterocycles. The first-order chi connectivity index (χ1) is 13.2. The van der Waals surface area contributed by atoms with Crippen LogP contribution in [0, 0.1) is 5.41 Å². The molecule has 1 aliphatic heterocycles. The first-order valence-corrected chi connectivity index (χ1v) is 9.93. The lowest BCUT2D eigenvalue weighted by Gasteiger charge is -2.33. The van der Waals surface area contributed by atoms with Crippen molar-refractivity contribution in [1.82, 2.24) is 10.2 Å². The molecule has 0 unspecified atom stereocenters. The highest BCUT2D eigenvalue weighted by molar-refractivity contribution is 5.97. The van der Waals surface area contributed by atoms with Crippen LogP contribution in [0.3, 0.4) is 0 Å². The van der Waals surface area contributed by atoms with Gasteiger partial charge < -0.3 is 10.2 Å². The molecular formula is C21H25F3N2O2. The quantitative estimate of drug-likeness (QED) is 0.845. The lowest BCUT2D eigenvalue weighted by atomic mass is 9.93. The lowest BCUT2D eigenvalue weighted by molar-refractivity contribution is -0.160. The fourth-order valence-corrected chi connectivity index (χ4v) is 4.30. The van der Waals surface area contributed by atoms with E-state index in [2.05, 4.69) is 5.32 Å². The molecule has 7 heteroatoms. The van der Waals surface area contributed by atoms with Crippen LogP contribution >= 0.6 is 0 Å². The Morgan fingerprint density at radius 3 is 2.04 bits per heavy atom. The normalized spacial score (nSPS) is 23.2. The number of carbonyl (C=O) groups is 2. The summed E-state index contributed by atoms with van der Waals surface area (Å²) in [7, 11) is 0. The van der Waals surface area contributed by atoms with Gasteiger partial charge in [0.2, 0.25) is 5.91 Å². The number of amides is 2.